The maximum atomic E-state index is 12.1. The fourth-order valence-electron chi connectivity index (χ4n) is 1.96. The molecule has 1 aromatic carbocycles. The van der Waals surface area contributed by atoms with Crippen LogP contribution in [-0.4, -0.2) is 22.7 Å². The Morgan fingerprint density at radius 3 is 2.83 bits per heavy atom. The molecule has 6 nitrogen and oxygen atoms in total. The third-order valence-electron chi connectivity index (χ3n) is 3.04. The summed E-state index contributed by atoms with van der Waals surface area (Å²) in [5.41, 5.74) is 0.548. The number of nitrogens with zero attached hydrogens (tertiary/aromatic N) is 2. The molecule has 0 atom stereocenters. The molecule has 2 aromatic heterocycles. The third-order valence-corrected chi connectivity index (χ3v) is 3.90. The first-order chi connectivity index (χ1) is 11.3. The minimum Gasteiger partial charge on any atom is -0.494 e. The average Bonchev–Trinajstić information content (AvgIpc) is 3.25. The predicted octanol–water partition coefficient (Wildman–Crippen LogP) is 3.13. The molecule has 3 rings (SSSR count). The van der Waals surface area contributed by atoms with Crippen LogP contribution in [0, 0.1) is 0 Å². The number of ether oxygens (including phenoxy) is 1. The van der Waals surface area contributed by atoms with E-state index in [0.29, 0.717) is 23.9 Å². The summed E-state index contributed by atoms with van der Waals surface area (Å²) in [6.07, 6.45) is 0. The van der Waals surface area contributed by atoms with Crippen molar-refractivity contribution in [3.8, 4) is 16.5 Å². The Hall–Kier alpha value is -2.67. The van der Waals surface area contributed by atoms with Crippen molar-refractivity contribution in [2.45, 2.75) is 13.5 Å². The van der Waals surface area contributed by atoms with E-state index in [1.54, 1.807) is 24.3 Å². The van der Waals surface area contributed by atoms with Crippen LogP contribution in [0.15, 0.2) is 46.3 Å². The molecule has 0 aliphatic carbocycles. The number of thiophene rings is 1. The van der Waals surface area contributed by atoms with Crippen LogP contribution in [0.5, 0.6) is 5.75 Å². The van der Waals surface area contributed by atoms with E-state index in [2.05, 4.69) is 15.5 Å². The van der Waals surface area contributed by atoms with Gasteiger partial charge >= 0.3 is 0 Å². The van der Waals surface area contributed by atoms with Crippen molar-refractivity contribution in [2.75, 3.05) is 6.61 Å². The van der Waals surface area contributed by atoms with Crippen LogP contribution in [-0.2, 0) is 6.54 Å². The van der Waals surface area contributed by atoms with E-state index in [1.807, 2.05) is 24.4 Å². The summed E-state index contributed by atoms with van der Waals surface area (Å²) in [4.78, 5) is 17.3. The number of benzene rings is 1. The summed E-state index contributed by atoms with van der Waals surface area (Å²) in [5, 5.41) is 8.59. The molecule has 0 radical (unpaired) electrons. The molecule has 0 spiro atoms. The Kier molecular flexibility index (Phi) is 4.68. The molecule has 23 heavy (non-hydrogen) atoms. The molecule has 118 valence electrons. The summed E-state index contributed by atoms with van der Waals surface area (Å²) in [6.45, 7) is 2.69. The lowest BCUT2D eigenvalue weighted by molar-refractivity contribution is 0.0946. The van der Waals surface area contributed by atoms with Crippen molar-refractivity contribution in [3.63, 3.8) is 0 Å². The molecule has 0 bridgehead atoms. The van der Waals surface area contributed by atoms with Gasteiger partial charge in [0.25, 0.3) is 5.91 Å². The normalized spacial score (nSPS) is 10.5. The third kappa shape index (κ3) is 3.75. The molecule has 0 aliphatic rings. The molecule has 0 saturated heterocycles. The van der Waals surface area contributed by atoms with Gasteiger partial charge in [-0.2, -0.15) is 4.98 Å². The fourth-order valence-corrected chi connectivity index (χ4v) is 2.61. The minimum atomic E-state index is -0.205. The van der Waals surface area contributed by atoms with Gasteiger partial charge in [0.1, 0.15) is 5.75 Å². The molecular weight excluding hydrogens is 314 g/mol. The van der Waals surface area contributed by atoms with Crippen LogP contribution < -0.4 is 10.1 Å². The second kappa shape index (κ2) is 7.06. The van der Waals surface area contributed by atoms with Crippen molar-refractivity contribution in [1.82, 2.24) is 15.5 Å². The van der Waals surface area contributed by atoms with E-state index in [4.69, 9.17) is 9.26 Å². The van der Waals surface area contributed by atoms with Gasteiger partial charge in [-0.1, -0.05) is 11.2 Å². The summed E-state index contributed by atoms with van der Waals surface area (Å²) < 4.78 is 10.5. The topological polar surface area (TPSA) is 77.2 Å². The Morgan fingerprint density at radius 2 is 2.13 bits per heavy atom. The number of rotatable bonds is 6. The van der Waals surface area contributed by atoms with Gasteiger partial charge in [-0.25, -0.2) is 0 Å². The van der Waals surface area contributed by atoms with E-state index in [9.17, 15) is 4.79 Å². The van der Waals surface area contributed by atoms with Crippen molar-refractivity contribution >= 4 is 17.2 Å². The number of hydrogen-bond acceptors (Lipinski definition) is 6. The Balaban J connectivity index is 1.58. The zero-order chi connectivity index (χ0) is 16.1. The summed E-state index contributed by atoms with van der Waals surface area (Å²) in [6, 6.07) is 10.8. The first kappa shape index (κ1) is 15.2. The first-order valence-corrected chi connectivity index (χ1v) is 8.01. The zero-order valence-corrected chi connectivity index (χ0v) is 13.3. The number of carbonyl (C=O) groups is 1. The van der Waals surface area contributed by atoms with Crippen LogP contribution in [0.3, 0.4) is 0 Å². The number of carbonyl (C=O) groups excluding carboxylic acids is 1. The van der Waals surface area contributed by atoms with E-state index < -0.39 is 0 Å². The highest BCUT2D eigenvalue weighted by molar-refractivity contribution is 7.13. The second-order valence-electron chi connectivity index (χ2n) is 4.63. The molecule has 2 heterocycles. The number of amides is 1. The average molecular weight is 329 g/mol. The monoisotopic (exact) mass is 329 g/mol. The Labute approximate surface area is 137 Å². The largest absolute Gasteiger partial charge is 0.494 e. The second-order valence-corrected chi connectivity index (χ2v) is 5.58. The van der Waals surface area contributed by atoms with Gasteiger partial charge in [0.2, 0.25) is 11.7 Å². The van der Waals surface area contributed by atoms with E-state index in [1.165, 1.54) is 11.3 Å². The molecule has 0 unspecified atom stereocenters. The number of hydrogen-bond donors (Lipinski definition) is 1. The van der Waals surface area contributed by atoms with Gasteiger partial charge in [-0.05, 0) is 42.6 Å². The van der Waals surface area contributed by atoms with Gasteiger partial charge in [0.05, 0.1) is 18.0 Å². The fraction of sp³-hybridized carbons (Fsp3) is 0.188. The molecule has 0 fully saturated rings. The smallest absolute Gasteiger partial charge is 0.251 e. The van der Waals surface area contributed by atoms with Crippen molar-refractivity contribution in [1.29, 1.82) is 0 Å². The van der Waals surface area contributed by atoms with Gasteiger partial charge in [0, 0.05) is 5.56 Å². The van der Waals surface area contributed by atoms with Crippen molar-refractivity contribution in [2.24, 2.45) is 0 Å². The quantitative estimate of drug-likeness (QED) is 0.752. The van der Waals surface area contributed by atoms with E-state index in [0.717, 1.165) is 10.6 Å². The van der Waals surface area contributed by atoms with E-state index in [-0.39, 0.29) is 12.5 Å². The highest BCUT2D eigenvalue weighted by Gasteiger charge is 2.11. The van der Waals surface area contributed by atoms with Gasteiger partial charge in [-0.3, -0.25) is 4.79 Å². The van der Waals surface area contributed by atoms with Crippen molar-refractivity contribution < 1.29 is 14.1 Å². The lowest BCUT2D eigenvalue weighted by Crippen LogP contribution is -2.22. The molecule has 0 saturated carbocycles. The minimum absolute atomic E-state index is 0.185. The highest BCUT2D eigenvalue weighted by atomic mass is 32.1. The van der Waals surface area contributed by atoms with Crippen LogP contribution in [0.4, 0.5) is 0 Å². The van der Waals surface area contributed by atoms with Crippen LogP contribution in [0.1, 0.15) is 23.2 Å². The molecule has 1 N–H and O–H groups in total. The summed E-state index contributed by atoms with van der Waals surface area (Å²) >= 11 is 1.53. The van der Waals surface area contributed by atoms with Gasteiger partial charge < -0.3 is 14.6 Å². The van der Waals surface area contributed by atoms with Crippen LogP contribution >= 0.6 is 11.3 Å². The van der Waals surface area contributed by atoms with Gasteiger partial charge in [0.15, 0.2) is 0 Å². The number of nitrogens with one attached hydrogen (secondary N) is 1. The van der Waals surface area contributed by atoms with Crippen LogP contribution in [0.2, 0.25) is 0 Å². The predicted molar refractivity (Wildman–Crippen MR) is 86.4 cm³/mol. The zero-order valence-electron chi connectivity index (χ0n) is 12.5. The maximum absolute atomic E-state index is 12.1. The van der Waals surface area contributed by atoms with Crippen LogP contribution in [0.25, 0.3) is 10.7 Å². The SMILES string of the molecule is CCOc1ccc(C(=O)NCc2nc(-c3cccs3)no2)cc1. The Morgan fingerprint density at radius 1 is 1.30 bits per heavy atom. The molecular formula is C16H15N3O3S. The molecule has 0 aliphatic heterocycles. The maximum Gasteiger partial charge on any atom is 0.251 e. The molecule has 3 aromatic rings. The lowest BCUT2D eigenvalue weighted by atomic mass is 10.2. The molecule has 7 heteroatoms. The summed E-state index contributed by atoms with van der Waals surface area (Å²) in [7, 11) is 0. The van der Waals surface area contributed by atoms with E-state index >= 15 is 0 Å². The lowest BCUT2D eigenvalue weighted by Gasteiger charge is -2.05. The standard InChI is InChI=1S/C16H15N3O3S/c1-2-21-12-7-5-11(6-8-12)16(20)17-10-14-18-15(19-22-14)13-4-3-9-23-13/h3-9H,2,10H2,1H3,(H,17,20). The van der Waals surface area contributed by atoms with Gasteiger partial charge in [-0.15, -0.1) is 11.3 Å². The summed E-state index contributed by atoms with van der Waals surface area (Å²) in [5.74, 6) is 1.43. The highest BCUT2D eigenvalue weighted by Crippen LogP contribution is 2.21. The van der Waals surface area contributed by atoms with Crippen molar-refractivity contribution in [3.05, 3.63) is 53.2 Å². The molecule has 1 amide bonds. The Bertz CT molecular complexity index is 766. The first-order valence-electron chi connectivity index (χ1n) is 7.14. The number of aromatic nitrogens is 2.